The Hall–Kier alpha value is -2.19. The van der Waals surface area contributed by atoms with Crippen LogP contribution in [0.5, 0.6) is 0 Å². The molecule has 0 bridgehead atoms. The number of hydrogen-bond donors (Lipinski definition) is 2. The van der Waals surface area contributed by atoms with E-state index in [0.29, 0.717) is 12.0 Å². The minimum Gasteiger partial charge on any atom is -0.346 e. The van der Waals surface area contributed by atoms with Gasteiger partial charge in [-0.1, -0.05) is 43.3 Å². The van der Waals surface area contributed by atoms with Gasteiger partial charge >= 0.3 is 11.8 Å². The second kappa shape index (κ2) is 8.95. The highest BCUT2D eigenvalue weighted by molar-refractivity contribution is 7.93. The topological polar surface area (TPSA) is 92.3 Å². The van der Waals surface area contributed by atoms with Crippen LogP contribution in [0, 0.1) is 0 Å². The molecule has 140 valence electrons. The average molecular weight is 395 g/mol. The number of carbonyl (C=O) groups excluding carboxylic acids is 2. The number of rotatable bonds is 7. The van der Waals surface area contributed by atoms with Gasteiger partial charge < -0.3 is 10.6 Å². The average Bonchev–Trinajstić information content (AvgIpc) is 3.17. The Morgan fingerprint density at radius 2 is 1.77 bits per heavy atom. The molecule has 0 unspecified atom stereocenters. The highest BCUT2D eigenvalue weighted by Gasteiger charge is 2.31. The number of benzene rings is 1. The van der Waals surface area contributed by atoms with E-state index in [1.165, 1.54) is 6.07 Å². The monoisotopic (exact) mass is 394 g/mol. The van der Waals surface area contributed by atoms with Gasteiger partial charge in [-0.2, -0.15) is 0 Å². The van der Waals surface area contributed by atoms with Gasteiger partial charge in [0.25, 0.3) is 0 Å². The van der Waals surface area contributed by atoms with Crippen molar-refractivity contribution in [2.75, 3.05) is 6.54 Å². The van der Waals surface area contributed by atoms with Gasteiger partial charge in [-0.3, -0.25) is 9.59 Å². The summed E-state index contributed by atoms with van der Waals surface area (Å²) in [6, 6.07) is 11.7. The van der Waals surface area contributed by atoms with Crippen LogP contribution in [0.4, 0.5) is 0 Å². The van der Waals surface area contributed by atoms with Gasteiger partial charge in [0.1, 0.15) is 9.46 Å². The quantitative estimate of drug-likeness (QED) is 0.705. The van der Waals surface area contributed by atoms with Crippen molar-refractivity contribution < 1.29 is 18.0 Å². The molecule has 1 aromatic carbocycles. The molecule has 0 aliphatic rings. The van der Waals surface area contributed by atoms with Crippen LogP contribution in [0.3, 0.4) is 0 Å². The molecule has 1 aromatic heterocycles. The second-order valence-electron chi connectivity index (χ2n) is 5.87. The van der Waals surface area contributed by atoms with Crippen molar-refractivity contribution in [3.8, 4) is 0 Å². The van der Waals surface area contributed by atoms with Crippen LogP contribution in [0.15, 0.2) is 52.1 Å². The Labute approximate surface area is 157 Å². The number of thiophene rings is 1. The van der Waals surface area contributed by atoms with E-state index in [4.69, 9.17) is 0 Å². The Balaban J connectivity index is 2.19. The molecule has 2 atom stereocenters. The van der Waals surface area contributed by atoms with E-state index < -0.39 is 26.9 Å². The normalized spacial score (nSPS) is 13.6. The van der Waals surface area contributed by atoms with E-state index in [9.17, 15) is 18.0 Å². The number of amides is 2. The van der Waals surface area contributed by atoms with Gasteiger partial charge in [0.2, 0.25) is 0 Å². The minimum absolute atomic E-state index is 0.131. The first-order valence-corrected chi connectivity index (χ1v) is 10.7. The SMILES string of the molecule is CC[C@H](C)NC(=O)C(=O)NC[C@@H](c1ccccc1)S(=O)(=O)c1cccs1. The Kier molecular flexibility index (Phi) is 6.93. The first-order valence-electron chi connectivity index (χ1n) is 8.27. The smallest absolute Gasteiger partial charge is 0.309 e. The fourth-order valence-corrected chi connectivity index (χ4v) is 5.16. The molecule has 2 amide bonds. The second-order valence-corrected chi connectivity index (χ2v) is 9.17. The lowest BCUT2D eigenvalue weighted by atomic mass is 10.1. The van der Waals surface area contributed by atoms with Crippen molar-refractivity contribution in [1.82, 2.24) is 10.6 Å². The summed E-state index contributed by atoms with van der Waals surface area (Å²) in [4.78, 5) is 23.9. The van der Waals surface area contributed by atoms with Crippen molar-refractivity contribution in [2.45, 2.75) is 35.8 Å². The van der Waals surface area contributed by atoms with E-state index in [2.05, 4.69) is 10.6 Å². The predicted molar refractivity (Wildman–Crippen MR) is 102 cm³/mol. The van der Waals surface area contributed by atoms with Gasteiger partial charge in [-0.15, -0.1) is 11.3 Å². The molecule has 0 saturated carbocycles. The van der Waals surface area contributed by atoms with Crippen LogP contribution in [0.25, 0.3) is 0 Å². The van der Waals surface area contributed by atoms with Gasteiger partial charge in [0.15, 0.2) is 9.84 Å². The fraction of sp³-hybridized carbons (Fsp3) is 0.333. The predicted octanol–water partition coefficient (Wildman–Crippen LogP) is 2.29. The summed E-state index contributed by atoms with van der Waals surface area (Å²) in [6.45, 7) is 3.50. The van der Waals surface area contributed by atoms with E-state index >= 15 is 0 Å². The zero-order chi connectivity index (χ0) is 19.2. The summed E-state index contributed by atoms with van der Waals surface area (Å²) in [5, 5.41) is 5.73. The Bertz CT molecular complexity index is 833. The Morgan fingerprint density at radius 1 is 1.08 bits per heavy atom. The van der Waals surface area contributed by atoms with Crippen molar-refractivity contribution in [3.05, 3.63) is 53.4 Å². The van der Waals surface area contributed by atoms with Gasteiger partial charge in [0, 0.05) is 12.6 Å². The van der Waals surface area contributed by atoms with Gasteiger partial charge in [0.05, 0.1) is 0 Å². The lowest BCUT2D eigenvalue weighted by molar-refractivity contribution is -0.139. The summed E-state index contributed by atoms with van der Waals surface area (Å²) in [5.41, 5.74) is 0.559. The van der Waals surface area contributed by atoms with Gasteiger partial charge in [-0.25, -0.2) is 8.42 Å². The maximum absolute atomic E-state index is 13.0. The van der Waals surface area contributed by atoms with Crippen LogP contribution in [-0.2, 0) is 19.4 Å². The maximum Gasteiger partial charge on any atom is 0.309 e. The lowest BCUT2D eigenvalue weighted by Gasteiger charge is -2.18. The van der Waals surface area contributed by atoms with E-state index in [1.807, 2.05) is 6.92 Å². The molecule has 2 rings (SSSR count). The molecule has 2 aromatic rings. The first-order chi connectivity index (χ1) is 12.4. The highest BCUT2D eigenvalue weighted by atomic mass is 32.2. The standard InChI is InChI=1S/C18H22N2O4S2/c1-3-13(2)20-18(22)17(21)19-12-15(14-8-5-4-6-9-14)26(23,24)16-10-7-11-25-16/h4-11,13,15H,3,12H2,1-2H3,(H,19,21)(H,20,22)/t13-,15-/m0/s1. The summed E-state index contributed by atoms with van der Waals surface area (Å²) in [5.74, 6) is -1.60. The molecule has 6 nitrogen and oxygen atoms in total. The van der Waals surface area contributed by atoms with Crippen LogP contribution in [0.1, 0.15) is 31.1 Å². The van der Waals surface area contributed by atoms with Crippen LogP contribution < -0.4 is 10.6 Å². The number of carbonyl (C=O) groups is 2. The Morgan fingerprint density at radius 3 is 2.35 bits per heavy atom. The molecule has 0 aliphatic carbocycles. The maximum atomic E-state index is 13.0. The van der Waals surface area contributed by atoms with E-state index in [-0.39, 0.29) is 16.8 Å². The number of hydrogen-bond acceptors (Lipinski definition) is 5. The van der Waals surface area contributed by atoms with Crippen molar-refractivity contribution in [3.63, 3.8) is 0 Å². The minimum atomic E-state index is -3.69. The molecule has 0 radical (unpaired) electrons. The summed E-state index contributed by atoms with van der Waals surface area (Å²) < 4.78 is 26.1. The third-order valence-electron chi connectivity index (χ3n) is 3.97. The zero-order valence-electron chi connectivity index (χ0n) is 14.6. The molecule has 8 heteroatoms. The van der Waals surface area contributed by atoms with Crippen molar-refractivity contribution >= 4 is 33.0 Å². The third-order valence-corrected chi connectivity index (χ3v) is 7.50. The summed E-state index contributed by atoms with van der Waals surface area (Å²) in [7, 11) is -3.69. The fourth-order valence-electron chi connectivity index (χ4n) is 2.30. The highest BCUT2D eigenvalue weighted by Crippen LogP contribution is 2.30. The molecular weight excluding hydrogens is 372 g/mol. The van der Waals surface area contributed by atoms with E-state index in [1.54, 1.807) is 48.7 Å². The summed E-state index contributed by atoms with van der Waals surface area (Å²) in [6.07, 6.45) is 0.693. The third kappa shape index (κ3) is 4.92. The number of sulfone groups is 1. The lowest BCUT2D eigenvalue weighted by Crippen LogP contribution is -2.45. The van der Waals surface area contributed by atoms with Gasteiger partial charge in [-0.05, 0) is 30.4 Å². The van der Waals surface area contributed by atoms with Crippen LogP contribution >= 0.6 is 11.3 Å². The van der Waals surface area contributed by atoms with E-state index in [0.717, 1.165) is 11.3 Å². The van der Waals surface area contributed by atoms with Crippen LogP contribution in [0.2, 0.25) is 0 Å². The number of nitrogens with one attached hydrogen (secondary N) is 2. The molecule has 0 spiro atoms. The van der Waals surface area contributed by atoms with Crippen molar-refractivity contribution in [1.29, 1.82) is 0 Å². The molecule has 0 fully saturated rings. The summed E-state index contributed by atoms with van der Waals surface area (Å²) >= 11 is 1.12. The molecule has 2 N–H and O–H groups in total. The molecule has 0 saturated heterocycles. The van der Waals surface area contributed by atoms with Crippen LogP contribution in [-0.4, -0.2) is 32.8 Å². The molecular formula is C18H22N2O4S2. The zero-order valence-corrected chi connectivity index (χ0v) is 16.3. The van der Waals surface area contributed by atoms with Crippen molar-refractivity contribution in [2.24, 2.45) is 0 Å². The largest absolute Gasteiger partial charge is 0.346 e. The molecule has 0 aliphatic heterocycles. The first kappa shape index (κ1) is 20.1. The molecule has 1 heterocycles. The molecule has 26 heavy (non-hydrogen) atoms.